The summed E-state index contributed by atoms with van der Waals surface area (Å²) in [5.74, 6) is 0.791. The largest absolute Gasteiger partial charge is 0.467 e. The van der Waals surface area contributed by atoms with Gasteiger partial charge in [0, 0.05) is 17.1 Å². The molecule has 2 aromatic rings. The summed E-state index contributed by atoms with van der Waals surface area (Å²) in [5.41, 5.74) is 7.55. The van der Waals surface area contributed by atoms with Gasteiger partial charge in [0.05, 0.1) is 12.9 Å². The zero-order valence-electron chi connectivity index (χ0n) is 9.36. The molecule has 0 aliphatic heterocycles. The van der Waals surface area contributed by atoms with E-state index in [4.69, 9.17) is 26.5 Å². The van der Waals surface area contributed by atoms with Crippen LogP contribution in [0.2, 0.25) is 5.02 Å². The van der Waals surface area contributed by atoms with Crippen LogP contribution in [0.25, 0.3) is 0 Å². The quantitative estimate of drug-likeness (QED) is 0.888. The van der Waals surface area contributed by atoms with E-state index in [-0.39, 0.29) is 0 Å². The molecule has 2 rings (SSSR count). The molecular weight excluding hydrogens is 238 g/mol. The van der Waals surface area contributed by atoms with Crippen LogP contribution in [0.15, 0.2) is 41.0 Å². The third-order valence-corrected chi connectivity index (χ3v) is 2.62. The van der Waals surface area contributed by atoms with Gasteiger partial charge in [0.25, 0.3) is 0 Å². The maximum absolute atomic E-state index is 5.79. The van der Waals surface area contributed by atoms with Crippen LogP contribution in [-0.4, -0.2) is 0 Å². The van der Waals surface area contributed by atoms with Crippen molar-refractivity contribution in [1.29, 1.82) is 0 Å². The molecule has 0 saturated carbocycles. The molecule has 0 amide bonds. The Balaban J connectivity index is 1.81. The van der Waals surface area contributed by atoms with Crippen LogP contribution in [0, 0.1) is 0 Å². The third kappa shape index (κ3) is 3.60. The molecule has 0 fully saturated rings. The summed E-state index contributed by atoms with van der Waals surface area (Å²) in [5, 5.41) is 0.729. The minimum atomic E-state index is 0.447. The van der Waals surface area contributed by atoms with Crippen molar-refractivity contribution in [2.24, 2.45) is 5.73 Å². The summed E-state index contributed by atoms with van der Waals surface area (Å²) in [6.07, 6.45) is 1.65. The molecule has 0 aliphatic rings. The first-order chi connectivity index (χ1) is 8.28. The number of hydrogen-bond donors (Lipinski definition) is 1. The monoisotopic (exact) mass is 251 g/mol. The number of nitrogens with two attached hydrogens (primary N) is 1. The van der Waals surface area contributed by atoms with Gasteiger partial charge in [0.1, 0.15) is 12.4 Å². The van der Waals surface area contributed by atoms with Crippen molar-refractivity contribution in [3.63, 3.8) is 0 Å². The van der Waals surface area contributed by atoms with Gasteiger partial charge in [-0.15, -0.1) is 0 Å². The average Bonchev–Trinajstić information content (AvgIpc) is 2.80. The van der Waals surface area contributed by atoms with Gasteiger partial charge in [-0.05, 0) is 23.8 Å². The first-order valence-corrected chi connectivity index (χ1v) is 5.74. The van der Waals surface area contributed by atoms with Gasteiger partial charge < -0.3 is 14.9 Å². The van der Waals surface area contributed by atoms with Crippen molar-refractivity contribution in [3.05, 3.63) is 58.5 Å². The lowest BCUT2D eigenvalue weighted by atomic mass is 10.2. The zero-order chi connectivity index (χ0) is 12.1. The van der Waals surface area contributed by atoms with Crippen LogP contribution in [0.3, 0.4) is 0 Å². The highest BCUT2D eigenvalue weighted by Gasteiger charge is 2.01. The van der Waals surface area contributed by atoms with Crippen molar-refractivity contribution in [3.8, 4) is 0 Å². The van der Waals surface area contributed by atoms with E-state index in [1.165, 1.54) is 0 Å². The number of ether oxygens (including phenoxy) is 1. The lowest BCUT2D eigenvalue weighted by molar-refractivity contribution is 0.0929. The van der Waals surface area contributed by atoms with Crippen molar-refractivity contribution < 1.29 is 9.15 Å². The van der Waals surface area contributed by atoms with Gasteiger partial charge in [-0.2, -0.15) is 0 Å². The van der Waals surface area contributed by atoms with Gasteiger partial charge in [0.2, 0.25) is 0 Å². The maximum Gasteiger partial charge on any atom is 0.129 e. The van der Waals surface area contributed by atoms with Crippen molar-refractivity contribution in [2.45, 2.75) is 19.8 Å². The lowest BCUT2D eigenvalue weighted by Gasteiger charge is -2.02. The fourth-order valence-electron chi connectivity index (χ4n) is 1.46. The number of hydrogen-bond acceptors (Lipinski definition) is 3. The Kier molecular flexibility index (Phi) is 4.20. The second-order valence-corrected chi connectivity index (χ2v) is 4.18. The molecule has 0 aliphatic carbocycles. The number of halogens is 1. The van der Waals surface area contributed by atoms with Crippen molar-refractivity contribution >= 4 is 11.6 Å². The maximum atomic E-state index is 5.79. The van der Waals surface area contributed by atoms with Gasteiger partial charge >= 0.3 is 0 Å². The Morgan fingerprint density at radius 2 is 1.88 bits per heavy atom. The summed E-state index contributed by atoms with van der Waals surface area (Å²) in [4.78, 5) is 0. The van der Waals surface area contributed by atoms with Crippen LogP contribution in [0.4, 0.5) is 0 Å². The van der Waals surface area contributed by atoms with E-state index in [1.54, 1.807) is 6.26 Å². The molecule has 1 aromatic carbocycles. The first kappa shape index (κ1) is 12.2. The van der Waals surface area contributed by atoms with E-state index >= 15 is 0 Å². The molecule has 0 bridgehead atoms. The predicted octanol–water partition coefficient (Wildman–Crippen LogP) is 3.11. The molecule has 0 unspecified atom stereocenters. The molecule has 17 heavy (non-hydrogen) atoms. The summed E-state index contributed by atoms with van der Waals surface area (Å²) in [6, 6.07) is 9.48. The topological polar surface area (TPSA) is 48.4 Å². The van der Waals surface area contributed by atoms with E-state index in [2.05, 4.69) is 0 Å². The molecule has 0 saturated heterocycles. The second-order valence-electron chi connectivity index (χ2n) is 3.74. The number of benzene rings is 1. The highest BCUT2D eigenvalue weighted by atomic mass is 35.5. The zero-order valence-corrected chi connectivity index (χ0v) is 10.1. The summed E-state index contributed by atoms with van der Waals surface area (Å²) >= 11 is 5.79. The molecule has 3 nitrogen and oxygen atoms in total. The molecule has 4 heteroatoms. The molecule has 0 radical (unpaired) electrons. The van der Waals surface area contributed by atoms with Crippen LogP contribution in [0.5, 0.6) is 0 Å². The third-order valence-electron chi connectivity index (χ3n) is 2.37. The van der Waals surface area contributed by atoms with Gasteiger partial charge in [-0.25, -0.2) is 0 Å². The fraction of sp³-hybridized carbons (Fsp3) is 0.231. The van der Waals surface area contributed by atoms with Gasteiger partial charge in [-0.3, -0.25) is 0 Å². The summed E-state index contributed by atoms with van der Waals surface area (Å²) < 4.78 is 10.8. The van der Waals surface area contributed by atoms with E-state index < -0.39 is 0 Å². The van der Waals surface area contributed by atoms with Crippen molar-refractivity contribution in [2.75, 3.05) is 0 Å². The Morgan fingerprint density at radius 1 is 1.12 bits per heavy atom. The average molecular weight is 252 g/mol. The Morgan fingerprint density at radius 3 is 2.53 bits per heavy atom. The van der Waals surface area contributed by atoms with Crippen molar-refractivity contribution in [1.82, 2.24) is 0 Å². The Bertz CT molecular complexity index is 465. The van der Waals surface area contributed by atoms with Gasteiger partial charge in [0.15, 0.2) is 0 Å². The standard InChI is InChI=1S/C13H14ClNO2/c14-12-3-1-10(2-4-12)7-16-9-13-5-11(6-15)8-17-13/h1-5,8H,6-7,9,15H2. The molecule has 2 N–H and O–H groups in total. The number of rotatable bonds is 5. The highest BCUT2D eigenvalue weighted by molar-refractivity contribution is 6.30. The van der Waals surface area contributed by atoms with E-state index in [9.17, 15) is 0 Å². The van der Waals surface area contributed by atoms with Crippen LogP contribution in [-0.2, 0) is 24.5 Å². The Labute approximate surface area is 105 Å². The molecule has 1 aromatic heterocycles. The van der Waals surface area contributed by atoms with Crippen LogP contribution >= 0.6 is 11.6 Å². The lowest BCUT2D eigenvalue weighted by Crippen LogP contribution is -1.94. The summed E-state index contributed by atoms with van der Waals surface area (Å²) in [7, 11) is 0. The summed E-state index contributed by atoms with van der Waals surface area (Å²) in [6.45, 7) is 1.47. The van der Waals surface area contributed by atoms with Gasteiger partial charge in [-0.1, -0.05) is 23.7 Å². The predicted molar refractivity (Wildman–Crippen MR) is 66.5 cm³/mol. The van der Waals surface area contributed by atoms with E-state index in [0.717, 1.165) is 21.9 Å². The Hall–Kier alpha value is -1.29. The molecule has 1 heterocycles. The SMILES string of the molecule is NCc1coc(COCc2ccc(Cl)cc2)c1. The molecular formula is C13H14ClNO2. The highest BCUT2D eigenvalue weighted by Crippen LogP contribution is 2.12. The minimum absolute atomic E-state index is 0.447. The van der Waals surface area contributed by atoms with E-state index in [1.807, 2.05) is 30.3 Å². The van der Waals surface area contributed by atoms with Crippen LogP contribution < -0.4 is 5.73 Å². The normalized spacial score (nSPS) is 10.7. The second kappa shape index (κ2) is 5.87. The molecule has 0 spiro atoms. The van der Waals surface area contributed by atoms with Crippen LogP contribution in [0.1, 0.15) is 16.9 Å². The fourth-order valence-corrected chi connectivity index (χ4v) is 1.59. The first-order valence-electron chi connectivity index (χ1n) is 5.36. The minimum Gasteiger partial charge on any atom is -0.467 e. The smallest absolute Gasteiger partial charge is 0.129 e. The molecule has 0 atom stereocenters. The molecule has 90 valence electrons. The van der Waals surface area contributed by atoms with E-state index in [0.29, 0.717) is 19.8 Å². The number of furan rings is 1.